The lowest BCUT2D eigenvalue weighted by atomic mass is 9.90. The fourth-order valence-corrected chi connectivity index (χ4v) is 3.48. The average molecular weight is 277 g/mol. The van der Waals surface area contributed by atoms with E-state index < -0.39 is 0 Å². The Morgan fingerprint density at radius 3 is 2.71 bits per heavy atom. The number of halogens is 1. The van der Waals surface area contributed by atoms with Crippen LogP contribution in [0.5, 0.6) is 0 Å². The van der Waals surface area contributed by atoms with Crippen molar-refractivity contribution in [2.45, 2.75) is 12.7 Å². The Labute approximate surface area is 110 Å². The van der Waals surface area contributed by atoms with Crippen LogP contribution in [0, 0.1) is 12.3 Å². The van der Waals surface area contributed by atoms with E-state index in [1.807, 2.05) is 14.0 Å². The molecule has 1 aliphatic rings. The summed E-state index contributed by atoms with van der Waals surface area (Å²) in [6.07, 6.45) is 0. The molecule has 2 heterocycles. The third-order valence-electron chi connectivity index (χ3n) is 3.08. The molecule has 1 saturated heterocycles. The van der Waals surface area contributed by atoms with E-state index in [0.29, 0.717) is 18.4 Å². The van der Waals surface area contributed by atoms with Crippen LogP contribution in [0.15, 0.2) is 0 Å². The first-order valence-corrected chi connectivity index (χ1v) is 7.05. The standard InChI is InChI=1S/C11H17ClN2O2S/c1-8-9(10(12)14(2)13-8)3-17-7-11(4-15)5-16-6-11/h15H,3-7H2,1-2H3. The second-order valence-corrected chi connectivity index (χ2v) is 5.97. The van der Waals surface area contributed by atoms with Gasteiger partial charge in [0, 0.05) is 29.5 Å². The number of aliphatic hydroxyl groups excluding tert-OH is 1. The molecule has 0 aromatic carbocycles. The van der Waals surface area contributed by atoms with Gasteiger partial charge in [-0.15, -0.1) is 0 Å². The van der Waals surface area contributed by atoms with Crippen LogP contribution in [0.1, 0.15) is 11.3 Å². The molecule has 4 nitrogen and oxygen atoms in total. The van der Waals surface area contributed by atoms with Gasteiger partial charge in [-0.05, 0) is 6.92 Å². The highest BCUT2D eigenvalue weighted by atomic mass is 35.5. The molecule has 1 aliphatic heterocycles. The topological polar surface area (TPSA) is 47.3 Å². The van der Waals surface area contributed by atoms with Gasteiger partial charge < -0.3 is 9.84 Å². The largest absolute Gasteiger partial charge is 0.396 e. The predicted octanol–water partition coefficient (Wildman–Crippen LogP) is 1.62. The number of nitrogens with zero attached hydrogens (tertiary/aromatic N) is 2. The average Bonchev–Trinajstić information content (AvgIpc) is 2.48. The zero-order valence-corrected chi connectivity index (χ0v) is 11.6. The van der Waals surface area contributed by atoms with E-state index in [1.165, 1.54) is 0 Å². The fourth-order valence-electron chi connectivity index (χ4n) is 1.82. The van der Waals surface area contributed by atoms with Crippen molar-refractivity contribution in [2.75, 3.05) is 25.6 Å². The van der Waals surface area contributed by atoms with Gasteiger partial charge in [0.1, 0.15) is 5.15 Å². The van der Waals surface area contributed by atoms with Crippen molar-refractivity contribution in [3.63, 3.8) is 0 Å². The Hall–Kier alpha value is -0.230. The zero-order chi connectivity index (χ0) is 12.5. The van der Waals surface area contributed by atoms with Gasteiger partial charge in [-0.1, -0.05) is 11.6 Å². The van der Waals surface area contributed by atoms with Crippen LogP contribution in [0.2, 0.25) is 5.15 Å². The first-order chi connectivity index (χ1) is 8.08. The van der Waals surface area contributed by atoms with Crippen molar-refractivity contribution < 1.29 is 9.84 Å². The number of ether oxygens (including phenoxy) is 1. The summed E-state index contributed by atoms with van der Waals surface area (Å²) >= 11 is 7.94. The monoisotopic (exact) mass is 276 g/mol. The van der Waals surface area contributed by atoms with E-state index in [1.54, 1.807) is 16.4 Å². The third kappa shape index (κ3) is 2.62. The van der Waals surface area contributed by atoms with Gasteiger partial charge in [-0.2, -0.15) is 16.9 Å². The highest BCUT2D eigenvalue weighted by Gasteiger charge is 2.37. The second kappa shape index (κ2) is 5.18. The molecule has 0 saturated carbocycles. The van der Waals surface area contributed by atoms with Crippen LogP contribution in [0.4, 0.5) is 0 Å². The molecule has 1 fully saturated rings. The van der Waals surface area contributed by atoms with Crippen molar-refractivity contribution in [3.05, 3.63) is 16.4 Å². The van der Waals surface area contributed by atoms with E-state index in [2.05, 4.69) is 5.10 Å². The molecule has 0 atom stereocenters. The number of hydrogen-bond acceptors (Lipinski definition) is 4. The Kier molecular flexibility index (Phi) is 4.02. The molecule has 0 radical (unpaired) electrons. The zero-order valence-electron chi connectivity index (χ0n) is 10.1. The highest BCUT2D eigenvalue weighted by molar-refractivity contribution is 7.98. The minimum absolute atomic E-state index is 0.0345. The van der Waals surface area contributed by atoms with Crippen molar-refractivity contribution >= 4 is 23.4 Å². The maximum atomic E-state index is 9.31. The molecule has 17 heavy (non-hydrogen) atoms. The molecule has 6 heteroatoms. The van der Waals surface area contributed by atoms with Crippen LogP contribution in [0.3, 0.4) is 0 Å². The van der Waals surface area contributed by atoms with Gasteiger partial charge in [-0.25, -0.2) is 0 Å². The normalized spacial score (nSPS) is 18.1. The van der Waals surface area contributed by atoms with Gasteiger partial charge >= 0.3 is 0 Å². The number of aryl methyl sites for hydroxylation is 2. The minimum atomic E-state index is -0.0345. The highest BCUT2D eigenvalue weighted by Crippen LogP contribution is 2.33. The van der Waals surface area contributed by atoms with E-state index in [0.717, 1.165) is 22.8 Å². The van der Waals surface area contributed by atoms with E-state index in [4.69, 9.17) is 16.3 Å². The Morgan fingerprint density at radius 2 is 2.29 bits per heavy atom. The number of aliphatic hydroxyl groups is 1. The summed E-state index contributed by atoms with van der Waals surface area (Å²) in [5.74, 6) is 1.73. The van der Waals surface area contributed by atoms with Gasteiger partial charge in [0.2, 0.25) is 0 Å². The lowest BCUT2D eigenvalue weighted by Gasteiger charge is -2.39. The molecule has 0 bridgehead atoms. The summed E-state index contributed by atoms with van der Waals surface area (Å²) in [5.41, 5.74) is 2.04. The molecular weight excluding hydrogens is 260 g/mol. The summed E-state index contributed by atoms with van der Waals surface area (Å²) in [7, 11) is 1.85. The first kappa shape index (κ1) is 13.2. The summed E-state index contributed by atoms with van der Waals surface area (Å²) in [6.45, 7) is 3.49. The van der Waals surface area contributed by atoms with E-state index in [-0.39, 0.29) is 12.0 Å². The molecule has 0 spiro atoms. The quantitative estimate of drug-likeness (QED) is 0.888. The molecular formula is C11H17ClN2O2S. The molecule has 96 valence electrons. The number of hydrogen-bond donors (Lipinski definition) is 1. The molecule has 2 rings (SSSR count). The summed E-state index contributed by atoms with van der Waals surface area (Å²) in [6, 6.07) is 0. The van der Waals surface area contributed by atoms with Crippen LogP contribution in [-0.4, -0.2) is 40.5 Å². The van der Waals surface area contributed by atoms with Crippen molar-refractivity contribution in [2.24, 2.45) is 12.5 Å². The van der Waals surface area contributed by atoms with Crippen molar-refractivity contribution in [1.29, 1.82) is 0 Å². The lowest BCUT2D eigenvalue weighted by Crippen LogP contribution is -2.47. The van der Waals surface area contributed by atoms with Gasteiger partial charge in [-0.3, -0.25) is 4.68 Å². The smallest absolute Gasteiger partial charge is 0.131 e. The Morgan fingerprint density at radius 1 is 1.59 bits per heavy atom. The van der Waals surface area contributed by atoms with Gasteiger partial charge in [0.15, 0.2) is 0 Å². The Bertz CT molecular complexity index is 399. The maximum Gasteiger partial charge on any atom is 0.131 e. The third-order valence-corrected chi connectivity index (χ3v) is 4.86. The van der Waals surface area contributed by atoms with Crippen molar-refractivity contribution in [1.82, 2.24) is 9.78 Å². The molecule has 0 unspecified atom stereocenters. The van der Waals surface area contributed by atoms with Crippen LogP contribution in [-0.2, 0) is 17.5 Å². The predicted molar refractivity (Wildman–Crippen MR) is 69.5 cm³/mol. The summed E-state index contributed by atoms with van der Waals surface area (Å²) in [5, 5.41) is 14.3. The number of thioether (sulfide) groups is 1. The molecule has 1 N–H and O–H groups in total. The van der Waals surface area contributed by atoms with Crippen LogP contribution in [0.25, 0.3) is 0 Å². The number of aromatic nitrogens is 2. The number of rotatable bonds is 5. The summed E-state index contributed by atoms with van der Waals surface area (Å²) in [4.78, 5) is 0. The summed E-state index contributed by atoms with van der Waals surface area (Å²) < 4.78 is 6.86. The van der Waals surface area contributed by atoms with Crippen LogP contribution < -0.4 is 0 Å². The van der Waals surface area contributed by atoms with Gasteiger partial charge in [0.05, 0.1) is 25.5 Å². The first-order valence-electron chi connectivity index (χ1n) is 5.52. The van der Waals surface area contributed by atoms with Gasteiger partial charge in [0.25, 0.3) is 0 Å². The molecule has 1 aromatic heterocycles. The van der Waals surface area contributed by atoms with E-state index in [9.17, 15) is 5.11 Å². The fraction of sp³-hybridized carbons (Fsp3) is 0.727. The Balaban J connectivity index is 1.90. The van der Waals surface area contributed by atoms with Crippen molar-refractivity contribution in [3.8, 4) is 0 Å². The second-order valence-electron chi connectivity index (χ2n) is 4.62. The van der Waals surface area contributed by atoms with Crippen LogP contribution >= 0.6 is 23.4 Å². The lowest BCUT2D eigenvalue weighted by molar-refractivity contribution is -0.121. The molecule has 0 amide bonds. The molecule has 0 aliphatic carbocycles. The SMILES string of the molecule is Cc1nn(C)c(Cl)c1CSCC1(CO)COC1. The van der Waals surface area contributed by atoms with E-state index >= 15 is 0 Å². The molecule has 1 aromatic rings. The maximum absolute atomic E-state index is 9.31. The minimum Gasteiger partial charge on any atom is -0.396 e.